The summed E-state index contributed by atoms with van der Waals surface area (Å²) in [6, 6.07) is 5.28. The summed E-state index contributed by atoms with van der Waals surface area (Å²) in [5.41, 5.74) is -0.763. The number of rotatable bonds is 2. The highest BCUT2D eigenvalue weighted by atomic mass is 19.4. The molecule has 102 valence electrons. The first-order chi connectivity index (χ1) is 9.00. The zero-order valence-electron chi connectivity index (χ0n) is 10.1. The molecular formula is C13H13F3N2O. The molecule has 0 radical (unpaired) electrons. The van der Waals surface area contributed by atoms with Crippen molar-refractivity contribution in [1.82, 2.24) is 0 Å². The second-order valence-corrected chi connectivity index (χ2v) is 4.40. The predicted molar refractivity (Wildman–Crippen MR) is 63.6 cm³/mol. The molecule has 2 rings (SSSR count). The van der Waals surface area contributed by atoms with Gasteiger partial charge in [0, 0.05) is 24.9 Å². The van der Waals surface area contributed by atoms with Gasteiger partial charge in [-0.25, -0.2) is 0 Å². The van der Waals surface area contributed by atoms with Crippen LogP contribution >= 0.6 is 0 Å². The number of hydrogen-bond acceptors (Lipinski definition) is 3. The van der Waals surface area contributed by atoms with Gasteiger partial charge in [0.2, 0.25) is 0 Å². The largest absolute Gasteiger partial charge is 0.418 e. The number of alkyl halides is 3. The van der Waals surface area contributed by atoms with Gasteiger partial charge in [-0.15, -0.1) is 0 Å². The van der Waals surface area contributed by atoms with Gasteiger partial charge >= 0.3 is 6.18 Å². The lowest BCUT2D eigenvalue weighted by Crippen LogP contribution is -2.28. The number of nitrogens with one attached hydrogen (secondary N) is 1. The van der Waals surface area contributed by atoms with Crippen molar-refractivity contribution >= 4 is 5.69 Å². The van der Waals surface area contributed by atoms with Gasteiger partial charge in [-0.3, -0.25) is 0 Å². The number of halogens is 3. The van der Waals surface area contributed by atoms with Crippen LogP contribution in [0.4, 0.5) is 18.9 Å². The Labute approximate surface area is 109 Å². The fourth-order valence-corrected chi connectivity index (χ4v) is 2.04. The van der Waals surface area contributed by atoms with Crippen LogP contribution in [0.15, 0.2) is 18.2 Å². The second-order valence-electron chi connectivity index (χ2n) is 4.40. The van der Waals surface area contributed by atoms with Crippen molar-refractivity contribution in [3.8, 4) is 6.07 Å². The zero-order chi connectivity index (χ0) is 13.9. The molecule has 1 saturated heterocycles. The zero-order valence-corrected chi connectivity index (χ0v) is 10.1. The molecule has 1 aliphatic rings. The Hall–Kier alpha value is -1.74. The smallest absolute Gasteiger partial charge is 0.382 e. The third kappa shape index (κ3) is 3.38. The van der Waals surface area contributed by atoms with Crippen LogP contribution in [0.25, 0.3) is 0 Å². The van der Waals surface area contributed by atoms with Crippen LogP contribution < -0.4 is 5.32 Å². The number of hydrogen-bond donors (Lipinski definition) is 1. The van der Waals surface area contributed by atoms with E-state index >= 15 is 0 Å². The minimum absolute atomic E-state index is 0.00449. The molecule has 0 aliphatic carbocycles. The highest BCUT2D eigenvalue weighted by Crippen LogP contribution is 2.36. The van der Waals surface area contributed by atoms with Crippen molar-refractivity contribution < 1.29 is 17.9 Å². The quantitative estimate of drug-likeness (QED) is 0.897. The number of ether oxygens (including phenoxy) is 1. The first-order valence-electron chi connectivity index (χ1n) is 5.96. The van der Waals surface area contributed by atoms with E-state index in [0.29, 0.717) is 26.1 Å². The summed E-state index contributed by atoms with van der Waals surface area (Å²) < 4.78 is 44.0. The lowest BCUT2D eigenvalue weighted by molar-refractivity contribution is -0.137. The van der Waals surface area contributed by atoms with Gasteiger partial charge in [0.1, 0.15) is 0 Å². The van der Waals surface area contributed by atoms with E-state index < -0.39 is 11.7 Å². The molecule has 0 unspecified atom stereocenters. The minimum atomic E-state index is -4.47. The average molecular weight is 270 g/mol. The lowest BCUT2D eigenvalue weighted by atomic mass is 10.1. The van der Waals surface area contributed by atoms with Gasteiger partial charge in [0.15, 0.2) is 0 Å². The van der Waals surface area contributed by atoms with Crippen molar-refractivity contribution in [2.75, 3.05) is 18.5 Å². The Balaban J connectivity index is 2.26. The van der Waals surface area contributed by atoms with Crippen LogP contribution in [-0.4, -0.2) is 19.3 Å². The van der Waals surface area contributed by atoms with E-state index in [1.807, 2.05) is 0 Å². The average Bonchev–Trinajstić information content (AvgIpc) is 2.39. The van der Waals surface area contributed by atoms with Crippen molar-refractivity contribution in [1.29, 1.82) is 5.26 Å². The summed E-state index contributed by atoms with van der Waals surface area (Å²) in [6.45, 7) is 1.10. The molecule has 3 nitrogen and oxygen atoms in total. The molecule has 0 atom stereocenters. The van der Waals surface area contributed by atoms with Crippen molar-refractivity contribution in [2.24, 2.45) is 0 Å². The summed E-state index contributed by atoms with van der Waals surface area (Å²) in [7, 11) is 0. The predicted octanol–water partition coefficient (Wildman–Crippen LogP) is 3.17. The Morgan fingerprint density at radius 3 is 2.53 bits per heavy atom. The third-order valence-electron chi connectivity index (χ3n) is 3.03. The Morgan fingerprint density at radius 2 is 1.95 bits per heavy atom. The number of nitrogens with zero attached hydrogens (tertiary/aromatic N) is 1. The molecule has 1 aromatic rings. The van der Waals surface area contributed by atoms with Gasteiger partial charge in [0.25, 0.3) is 0 Å². The van der Waals surface area contributed by atoms with Crippen LogP contribution in [0, 0.1) is 11.3 Å². The standard InChI is InChI=1S/C13H13F3N2O/c14-13(15,16)11-7-9(8-17)1-2-12(11)18-10-3-5-19-6-4-10/h1-2,7,10,18H,3-6H2. The molecule has 1 aromatic carbocycles. The molecular weight excluding hydrogens is 257 g/mol. The number of nitriles is 1. The maximum absolute atomic E-state index is 12.9. The third-order valence-corrected chi connectivity index (χ3v) is 3.03. The van der Waals surface area contributed by atoms with E-state index in [9.17, 15) is 13.2 Å². The van der Waals surface area contributed by atoms with Gasteiger partial charge in [-0.2, -0.15) is 18.4 Å². The van der Waals surface area contributed by atoms with E-state index in [-0.39, 0.29) is 17.3 Å². The van der Waals surface area contributed by atoms with Crippen molar-refractivity contribution in [3.05, 3.63) is 29.3 Å². The van der Waals surface area contributed by atoms with Crippen LogP contribution in [0.3, 0.4) is 0 Å². The monoisotopic (exact) mass is 270 g/mol. The van der Waals surface area contributed by atoms with E-state index in [0.717, 1.165) is 6.07 Å². The molecule has 1 fully saturated rings. The van der Waals surface area contributed by atoms with Crippen molar-refractivity contribution in [3.63, 3.8) is 0 Å². The maximum atomic E-state index is 12.9. The molecule has 19 heavy (non-hydrogen) atoms. The number of anilines is 1. The first-order valence-corrected chi connectivity index (χ1v) is 5.96. The number of benzene rings is 1. The molecule has 1 aliphatic heterocycles. The van der Waals surface area contributed by atoms with Crippen LogP contribution in [-0.2, 0) is 10.9 Å². The highest BCUT2D eigenvalue weighted by molar-refractivity contribution is 5.56. The summed E-state index contributed by atoms with van der Waals surface area (Å²) in [5.74, 6) is 0. The van der Waals surface area contributed by atoms with Gasteiger partial charge in [-0.1, -0.05) is 0 Å². The fourth-order valence-electron chi connectivity index (χ4n) is 2.04. The fraction of sp³-hybridized carbons (Fsp3) is 0.462. The van der Waals surface area contributed by atoms with Gasteiger partial charge in [-0.05, 0) is 31.0 Å². The minimum Gasteiger partial charge on any atom is -0.382 e. The summed E-state index contributed by atoms with van der Waals surface area (Å²) in [5, 5.41) is 11.6. The molecule has 0 amide bonds. The van der Waals surface area contributed by atoms with Crippen LogP contribution in [0.5, 0.6) is 0 Å². The molecule has 1 heterocycles. The van der Waals surface area contributed by atoms with Gasteiger partial charge in [0.05, 0.1) is 17.2 Å². The Kier molecular flexibility index (Phi) is 3.96. The molecule has 1 N–H and O–H groups in total. The summed E-state index contributed by atoms with van der Waals surface area (Å²) >= 11 is 0. The Morgan fingerprint density at radius 1 is 1.26 bits per heavy atom. The SMILES string of the molecule is N#Cc1ccc(NC2CCOCC2)c(C(F)(F)F)c1. The van der Waals surface area contributed by atoms with Gasteiger partial charge < -0.3 is 10.1 Å². The molecule has 0 spiro atoms. The van der Waals surface area contributed by atoms with E-state index in [1.54, 1.807) is 6.07 Å². The molecule has 0 bridgehead atoms. The first kappa shape index (κ1) is 13.7. The van der Waals surface area contributed by atoms with Crippen molar-refractivity contribution in [2.45, 2.75) is 25.1 Å². The summed E-state index contributed by atoms with van der Waals surface area (Å²) in [4.78, 5) is 0. The van der Waals surface area contributed by atoms with E-state index in [2.05, 4.69) is 5.32 Å². The molecule has 0 aromatic heterocycles. The van der Waals surface area contributed by atoms with E-state index in [1.165, 1.54) is 12.1 Å². The van der Waals surface area contributed by atoms with Crippen LogP contribution in [0.1, 0.15) is 24.0 Å². The molecule has 0 saturated carbocycles. The van der Waals surface area contributed by atoms with Crippen LogP contribution in [0.2, 0.25) is 0 Å². The normalized spacial score (nSPS) is 16.9. The topological polar surface area (TPSA) is 45.0 Å². The highest BCUT2D eigenvalue weighted by Gasteiger charge is 2.34. The Bertz CT molecular complexity index is 488. The second kappa shape index (κ2) is 5.49. The van der Waals surface area contributed by atoms with E-state index in [4.69, 9.17) is 10.00 Å². The molecule has 6 heteroatoms. The maximum Gasteiger partial charge on any atom is 0.418 e. The lowest BCUT2D eigenvalue weighted by Gasteiger charge is -2.25. The summed E-state index contributed by atoms with van der Waals surface area (Å²) in [6.07, 6.45) is -3.12.